The Morgan fingerprint density at radius 3 is 2.15 bits per heavy atom. The minimum absolute atomic E-state index is 0.0397. The molecule has 0 N–H and O–H groups in total. The van der Waals surface area contributed by atoms with Crippen LogP contribution in [0.25, 0.3) is 70.7 Å². The molecule has 5 heteroatoms. The van der Waals surface area contributed by atoms with Gasteiger partial charge in [-0.25, -0.2) is 15.0 Å². The summed E-state index contributed by atoms with van der Waals surface area (Å²) in [5.74, 6) is 3.02. The number of allylic oxidation sites excluding steroid dienone is 2. The van der Waals surface area contributed by atoms with Crippen molar-refractivity contribution in [1.29, 1.82) is 0 Å². The molecule has 2 aromatic heterocycles. The maximum Gasteiger partial charge on any atom is 0.164 e. The Bertz CT molecular complexity index is 2620. The van der Waals surface area contributed by atoms with E-state index in [1.54, 1.807) is 11.3 Å². The molecule has 10 rings (SSSR count). The number of benzene rings is 6. The van der Waals surface area contributed by atoms with E-state index in [0.717, 1.165) is 33.4 Å². The lowest BCUT2D eigenvalue weighted by molar-refractivity contribution is 0.271. The van der Waals surface area contributed by atoms with Crippen LogP contribution < -0.4 is 4.74 Å². The van der Waals surface area contributed by atoms with Crippen molar-refractivity contribution < 1.29 is 4.74 Å². The van der Waals surface area contributed by atoms with Crippen molar-refractivity contribution in [2.24, 2.45) is 0 Å². The summed E-state index contributed by atoms with van der Waals surface area (Å²) in [4.78, 5) is 15.3. The summed E-state index contributed by atoms with van der Waals surface area (Å²) < 4.78 is 8.90. The third-order valence-corrected chi connectivity index (χ3v) is 10.6. The van der Waals surface area contributed by atoms with Gasteiger partial charge >= 0.3 is 0 Å². The first-order valence-electron chi connectivity index (χ1n) is 16.2. The van der Waals surface area contributed by atoms with Crippen molar-refractivity contribution >= 4 is 47.9 Å². The molecule has 0 spiro atoms. The van der Waals surface area contributed by atoms with E-state index < -0.39 is 0 Å². The highest BCUT2D eigenvalue weighted by Crippen LogP contribution is 2.49. The van der Waals surface area contributed by atoms with E-state index in [1.165, 1.54) is 36.7 Å². The Labute approximate surface area is 281 Å². The molecule has 2 unspecified atom stereocenters. The third-order valence-electron chi connectivity index (χ3n) is 9.49. The zero-order valence-electron chi connectivity index (χ0n) is 25.7. The Kier molecular flexibility index (Phi) is 6.14. The molecule has 8 aromatic rings. The predicted octanol–water partition coefficient (Wildman–Crippen LogP) is 10.9. The number of para-hydroxylation sites is 1. The van der Waals surface area contributed by atoms with Crippen molar-refractivity contribution in [3.63, 3.8) is 0 Å². The number of fused-ring (bicyclic) bond motifs is 7. The highest BCUT2D eigenvalue weighted by atomic mass is 32.1. The van der Waals surface area contributed by atoms with Crippen LogP contribution in [0.2, 0.25) is 0 Å². The first-order chi connectivity index (χ1) is 23.8. The van der Waals surface area contributed by atoms with Gasteiger partial charge in [-0.1, -0.05) is 115 Å². The molecule has 6 aromatic carbocycles. The number of rotatable bonds is 4. The third kappa shape index (κ3) is 4.39. The van der Waals surface area contributed by atoms with Crippen LogP contribution in [0.3, 0.4) is 0 Å². The molecular weight excluding hydrogens is 607 g/mol. The zero-order valence-corrected chi connectivity index (χ0v) is 26.6. The van der Waals surface area contributed by atoms with Crippen LogP contribution in [0.5, 0.6) is 5.75 Å². The van der Waals surface area contributed by atoms with Crippen LogP contribution in [-0.4, -0.2) is 21.1 Å². The largest absolute Gasteiger partial charge is 0.485 e. The number of hydrogen-bond acceptors (Lipinski definition) is 5. The molecule has 3 heterocycles. The van der Waals surface area contributed by atoms with Gasteiger partial charge in [-0.05, 0) is 58.3 Å². The Morgan fingerprint density at radius 2 is 1.25 bits per heavy atom. The normalized spacial score (nSPS) is 16.5. The monoisotopic (exact) mass is 633 g/mol. The topological polar surface area (TPSA) is 47.9 Å². The molecule has 226 valence electrons. The lowest BCUT2D eigenvalue weighted by Crippen LogP contribution is -2.19. The van der Waals surface area contributed by atoms with E-state index in [-0.39, 0.29) is 12.0 Å². The summed E-state index contributed by atoms with van der Waals surface area (Å²) in [5, 5.41) is 4.86. The molecule has 48 heavy (non-hydrogen) atoms. The fourth-order valence-electron chi connectivity index (χ4n) is 7.26. The Balaban J connectivity index is 1.17. The summed E-state index contributed by atoms with van der Waals surface area (Å²) in [5.41, 5.74) is 6.49. The van der Waals surface area contributed by atoms with Gasteiger partial charge < -0.3 is 4.74 Å². The number of nitrogens with zero attached hydrogens (tertiary/aromatic N) is 3. The van der Waals surface area contributed by atoms with Crippen molar-refractivity contribution in [2.75, 3.05) is 0 Å². The standard InChI is InChI=1S/C43H27N3OS/c1-2-11-26(12-3-1)41-44-42(28-21-22-32-31-15-7-9-20-38(31)48-39(32)25-28)46-43(45-41)29-23-27-13-4-5-14-30(27)35(24-29)33-17-10-19-37-40(33)34-16-6-8-18-36(34)47-37/h1-25,37,40H. The number of hydrogen-bond donors (Lipinski definition) is 0. The van der Waals surface area contributed by atoms with Crippen molar-refractivity contribution in [1.82, 2.24) is 15.0 Å². The summed E-state index contributed by atoms with van der Waals surface area (Å²) in [6.45, 7) is 0. The van der Waals surface area contributed by atoms with Crippen LogP contribution in [0.15, 0.2) is 152 Å². The predicted molar refractivity (Wildman–Crippen MR) is 197 cm³/mol. The molecule has 4 nitrogen and oxygen atoms in total. The van der Waals surface area contributed by atoms with Gasteiger partial charge in [0.2, 0.25) is 0 Å². The highest BCUT2D eigenvalue weighted by molar-refractivity contribution is 7.25. The Hall–Kier alpha value is -5.91. The summed E-state index contributed by atoms with van der Waals surface area (Å²) in [6.07, 6.45) is 6.50. The van der Waals surface area contributed by atoms with Gasteiger partial charge in [0.1, 0.15) is 11.9 Å². The fourth-order valence-corrected chi connectivity index (χ4v) is 8.40. The minimum atomic E-state index is -0.0397. The van der Waals surface area contributed by atoms with E-state index in [1.807, 2.05) is 24.3 Å². The minimum Gasteiger partial charge on any atom is -0.485 e. The van der Waals surface area contributed by atoms with Gasteiger partial charge in [-0.2, -0.15) is 0 Å². The molecule has 0 fully saturated rings. The molecule has 0 radical (unpaired) electrons. The first kappa shape index (κ1) is 27.2. The van der Waals surface area contributed by atoms with Gasteiger partial charge in [-0.3, -0.25) is 0 Å². The molecule has 0 bridgehead atoms. The van der Waals surface area contributed by atoms with Gasteiger partial charge in [0.25, 0.3) is 0 Å². The zero-order chi connectivity index (χ0) is 31.6. The van der Waals surface area contributed by atoms with Crippen molar-refractivity contribution in [2.45, 2.75) is 12.0 Å². The maximum atomic E-state index is 6.41. The van der Waals surface area contributed by atoms with Crippen molar-refractivity contribution in [3.8, 4) is 39.9 Å². The number of thiophene rings is 1. The molecule has 2 aliphatic rings. The quantitative estimate of drug-likeness (QED) is 0.193. The number of ether oxygens (including phenoxy) is 1. The summed E-state index contributed by atoms with van der Waals surface area (Å²) in [6, 6.07) is 46.8. The van der Waals surface area contributed by atoms with Crippen LogP contribution in [0.4, 0.5) is 0 Å². The summed E-state index contributed by atoms with van der Waals surface area (Å²) >= 11 is 1.80. The van der Waals surface area contributed by atoms with E-state index in [0.29, 0.717) is 17.5 Å². The average molecular weight is 634 g/mol. The maximum absolute atomic E-state index is 6.41. The smallest absolute Gasteiger partial charge is 0.164 e. The fraction of sp³-hybridized carbons (Fsp3) is 0.0465. The molecule has 0 amide bonds. The molecule has 0 saturated carbocycles. The first-order valence-corrected chi connectivity index (χ1v) is 17.0. The van der Waals surface area contributed by atoms with E-state index in [9.17, 15) is 0 Å². The van der Waals surface area contributed by atoms with Gasteiger partial charge in [0.15, 0.2) is 17.5 Å². The SMILES string of the molecule is C1=CC2Oc3ccccc3C2C(c2cc(-c3nc(-c4ccccc4)nc(-c4ccc5c(c4)sc4ccccc45)n3)cc3ccccc23)=C1. The van der Waals surface area contributed by atoms with Gasteiger partial charge in [0.05, 0.1) is 5.92 Å². The van der Waals surface area contributed by atoms with Crippen molar-refractivity contribution in [3.05, 3.63) is 163 Å². The van der Waals surface area contributed by atoms with Crippen LogP contribution >= 0.6 is 11.3 Å². The van der Waals surface area contributed by atoms with E-state index in [4.69, 9.17) is 19.7 Å². The number of aromatic nitrogens is 3. The average Bonchev–Trinajstić information content (AvgIpc) is 3.73. The van der Waals surface area contributed by atoms with E-state index >= 15 is 0 Å². The molecular formula is C43H27N3OS. The summed E-state index contributed by atoms with van der Waals surface area (Å²) in [7, 11) is 0. The van der Waals surface area contributed by atoms with Gasteiger partial charge in [-0.15, -0.1) is 11.3 Å². The molecule has 2 atom stereocenters. The highest BCUT2D eigenvalue weighted by Gasteiger charge is 2.37. The van der Waals surface area contributed by atoms with Crippen LogP contribution in [-0.2, 0) is 0 Å². The Morgan fingerprint density at radius 1 is 0.542 bits per heavy atom. The second-order valence-electron chi connectivity index (χ2n) is 12.3. The second kappa shape index (κ2) is 10.8. The molecule has 1 aliphatic carbocycles. The van der Waals surface area contributed by atoms with E-state index in [2.05, 4.69) is 127 Å². The van der Waals surface area contributed by atoms with Crippen LogP contribution in [0.1, 0.15) is 17.0 Å². The lowest BCUT2D eigenvalue weighted by Gasteiger charge is -2.24. The van der Waals surface area contributed by atoms with Crippen LogP contribution in [0, 0.1) is 0 Å². The lowest BCUT2D eigenvalue weighted by atomic mass is 9.79. The molecule has 1 aliphatic heterocycles. The van der Waals surface area contributed by atoms with Gasteiger partial charge in [0, 0.05) is 42.4 Å². The molecule has 0 saturated heterocycles. The second-order valence-corrected chi connectivity index (χ2v) is 13.4.